The number of aliphatic hydroxyl groups is 1. The van der Waals surface area contributed by atoms with Crippen molar-refractivity contribution >= 4 is 5.91 Å². The Morgan fingerprint density at radius 2 is 1.96 bits per heavy atom. The van der Waals surface area contributed by atoms with E-state index in [9.17, 15) is 9.90 Å². The van der Waals surface area contributed by atoms with E-state index in [0.717, 1.165) is 48.3 Å². The van der Waals surface area contributed by atoms with Gasteiger partial charge in [0.1, 0.15) is 11.4 Å². The summed E-state index contributed by atoms with van der Waals surface area (Å²) in [4.78, 5) is 18.3. The molecule has 26 heavy (non-hydrogen) atoms. The van der Waals surface area contributed by atoms with Crippen LogP contribution in [-0.4, -0.2) is 40.6 Å². The maximum atomic E-state index is 13.2. The van der Waals surface area contributed by atoms with Gasteiger partial charge in [0, 0.05) is 18.4 Å². The molecule has 0 radical (unpaired) electrons. The summed E-state index contributed by atoms with van der Waals surface area (Å²) in [5.41, 5.74) is 1.53. The quantitative estimate of drug-likeness (QED) is 0.865. The average molecular weight is 354 g/mol. The summed E-state index contributed by atoms with van der Waals surface area (Å²) in [6.07, 6.45) is 5.86. The molecule has 1 aromatic carbocycles. The Morgan fingerprint density at radius 3 is 2.62 bits per heavy atom. The van der Waals surface area contributed by atoms with Crippen molar-refractivity contribution in [2.24, 2.45) is 0 Å². The second kappa shape index (κ2) is 6.47. The Bertz CT molecular complexity index is 790. The number of rotatable bonds is 5. The lowest BCUT2D eigenvalue weighted by Gasteiger charge is -2.37. The van der Waals surface area contributed by atoms with Crippen LogP contribution in [0.25, 0.3) is 0 Å². The summed E-state index contributed by atoms with van der Waals surface area (Å²) >= 11 is 0. The predicted molar refractivity (Wildman–Crippen MR) is 99.4 cm³/mol. The first-order chi connectivity index (χ1) is 12.5. The van der Waals surface area contributed by atoms with Gasteiger partial charge in [-0.3, -0.25) is 4.79 Å². The summed E-state index contributed by atoms with van der Waals surface area (Å²) in [5, 5.41) is 11.3. The lowest BCUT2D eigenvalue weighted by atomic mass is 9.86. The van der Waals surface area contributed by atoms with Crippen molar-refractivity contribution in [2.75, 3.05) is 13.7 Å². The van der Waals surface area contributed by atoms with E-state index in [1.54, 1.807) is 7.11 Å². The summed E-state index contributed by atoms with van der Waals surface area (Å²) in [7, 11) is 1.62. The van der Waals surface area contributed by atoms with Crippen LogP contribution in [0.3, 0.4) is 0 Å². The first kappa shape index (κ1) is 17.2. The zero-order valence-corrected chi connectivity index (χ0v) is 15.4. The number of nitrogens with zero attached hydrogens (tertiary/aromatic N) is 1. The maximum Gasteiger partial charge on any atom is 0.256 e. The molecule has 2 aromatic rings. The van der Waals surface area contributed by atoms with Gasteiger partial charge in [0.25, 0.3) is 5.91 Å². The molecule has 2 fully saturated rings. The smallest absolute Gasteiger partial charge is 0.256 e. The highest BCUT2D eigenvalue weighted by Crippen LogP contribution is 2.42. The van der Waals surface area contributed by atoms with Crippen LogP contribution < -0.4 is 4.74 Å². The zero-order valence-electron chi connectivity index (χ0n) is 15.4. The van der Waals surface area contributed by atoms with Crippen LogP contribution in [0.4, 0.5) is 0 Å². The minimum atomic E-state index is -1.10. The summed E-state index contributed by atoms with van der Waals surface area (Å²) in [6, 6.07) is 9.11. The number of aromatic nitrogens is 1. The Hall–Kier alpha value is -2.27. The molecule has 1 aliphatic carbocycles. The second-order valence-corrected chi connectivity index (χ2v) is 7.61. The lowest BCUT2D eigenvalue weighted by Crippen LogP contribution is -2.48. The number of carbonyl (C=O) groups excluding carboxylic acids is 1. The standard InChI is InChI=1S/C21H26N2O3/c1-21(25,15-7-9-16(26-2)10-8-15)18-4-3-13-23(18)20(24)17-11-12-22-19(17)14-5-6-14/h7-12,14,18,22,25H,3-6,13H2,1-2H3/t18-,21-/m1/s1. The number of carbonyl (C=O) groups is 1. The third-order valence-electron chi connectivity index (χ3n) is 5.83. The fraction of sp³-hybridized carbons (Fsp3) is 0.476. The molecule has 1 aromatic heterocycles. The van der Waals surface area contributed by atoms with E-state index in [-0.39, 0.29) is 11.9 Å². The van der Waals surface area contributed by atoms with Crippen LogP contribution in [0.15, 0.2) is 36.5 Å². The monoisotopic (exact) mass is 354 g/mol. The number of aromatic amines is 1. The number of methoxy groups -OCH3 is 1. The van der Waals surface area contributed by atoms with Gasteiger partial charge in [0.2, 0.25) is 0 Å². The Morgan fingerprint density at radius 1 is 1.23 bits per heavy atom. The molecule has 138 valence electrons. The number of ether oxygens (including phenoxy) is 1. The highest BCUT2D eigenvalue weighted by molar-refractivity contribution is 5.96. The van der Waals surface area contributed by atoms with Gasteiger partial charge >= 0.3 is 0 Å². The van der Waals surface area contributed by atoms with Crippen molar-refractivity contribution in [1.82, 2.24) is 9.88 Å². The van der Waals surface area contributed by atoms with Gasteiger partial charge in [-0.1, -0.05) is 12.1 Å². The van der Waals surface area contributed by atoms with Gasteiger partial charge in [-0.15, -0.1) is 0 Å². The molecule has 1 aliphatic heterocycles. The molecule has 2 aliphatic rings. The van der Waals surface area contributed by atoms with Gasteiger partial charge in [0.05, 0.1) is 18.7 Å². The molecule has 2 N–H and O–H groups in total. The maximum absolute atomic E-state index is 13.2. The molecule has 2 atom stereocenters. The van der Waals surface area contributed by atoms with Gasteiger partial charge in [-0.05, 0) is 62.3 Å². The highest BCUT2D eigenvalue weighted by atomic mass is 16.5. The largest absolute Gasteiger partial charge is 0.497 e. The van der Waals surface area contributed by atoms with Crippen LogP contribution in [0.5, 0.6) is 5.75 Å². The van der Waals surface area contributed by atoms with Crippen molar-refractivity contribution in [2.45, 2.75) is 50.2 Å². The molecule has 2 heterocycles. The average Bonchev–Trinajstić information content (AvgIpc) is 3.18. The Labute approximate surface area is 154 Å². The highest BCUT2D eigenvalue weighted by Gasteiger charge is 2.43. The molecule has 0 spiro atoms. The first-order valence-electron chi connectivity index (χ1n) is 9.37. The molecule has 1 saturated carbocycles. The molecule has 1 amide bonds. The third kappa shape index (κ3) is 2.90. The first-order valence-corrected chi connectivity index (χ1v) is 9.37. The van der Waals surface area contributed by atoms with E-state index in [1.807, 2.05) is 48.4 Å². The molecule has 4 rings (SSSR count). The van der Waals surface area contributed by atoms with E-state index in [0.29, 0.717) is 12.5 Å². The van der Waals surface area contributed by atoms with Crippen molar-refractivity contribution < 1.29 is 14.6 Å². The second-order valence-electron chi connectivity index (χ2n) is 7.61. The number of nitrogens with one attached hydrogen (secondary N) is 1. The number of hydrogen-bond donors (Lipinski definition) is 2. The summed E-state index contributed by atoms with van der Waals surface area (Å²) < 4.78 is 5.21. The van der Waals surface area contributed by atoms with Crippen LogP contribution >= 0.6 is 0 Å². The van der Waals surface area contributed by atoms with Crippen molar-refractivity contribution in [3.63, 3.8) is 0 Å². The van der Waals surface area contributed by atoms with Crippen LogP contribution in [0, 0.1) is 0 Å². The van der Waals surface area contributed by atoms with Crippen molar-refractivity contribution in [3.05, 3.63) is 53.3 Å². The predicted octanol–water partition coefficient (Wildman–Crippen LogP) is 3.41. The Kier molecular flexibility index (Phi) is 4.27. The molecule has 0 unspecified atom stereocenters. The minimum absolute atomic E-state index is 0.0319. The molecule has 1 saturated heterocycles. The van der Waals surface area contributed by atoms with Gasteiger partial charge < -0.3 is 19.7 Å². The Balaban J connectivity index is 1.60. The minimum Gasteiger partial charge on any atom is -0.497 e. The van der Waals surface area contributed by atoms with E-state index in [2.05, 4.69) is 4.98 Å². The van der Waals surface area contributed by atoms with Crippen LogP contribution in [-0.2, 0) is 5.60 Å². The number of amides is 1. The molecule has 5 heteroatoms. The topological polar surface area (TPSA) is 65.6 Å². The number of likely N-dealkylation sites (tertiary alicyclic amines) is 1. The summed E-state index contributed by atoms with van der Waals surface area (Å²) in [6.45, 7) is 2.50. The van der Waals surface area contributed by atoms with E-state index >= 15 is 0 Å². The van der Waals surface area contributed by atoms with E-state index in [1.165, 1.54) is 0 Å². The number of hydrogen-bond acceptors (Lipinski definition) is 3. The molecule has 5 nitrogen and oxygen atoms in total. The molecular weight excluding hydrogens is 328 g/mol. The van der Waals surface area contributed by atoms with Crippen LogP contribution in [0.2, 0.25) is 0 Å². The lowest BCUT2D eigenvalue weighted by molar-refractivity contribution is -0.0177. The van der Waals surface area contributed by atoms with Crippen molar-refractivity contribution in [1.29, 1.82) is 0 Å². The van der Waals surface area contributed by atoms with Gasteiger partial charge in [-0.25, -0.2) is 0 Å². The summed E-state index contributed by atoms with van der Waals surface area (Å²) in [5.74, 6) is 1.28. The van der Waals surface area contributed by atoms with E-state index in [4.69, 9.17) is 4.74 Å². The SMILES string of the molecule is COc1ccc([C@@](C)(O)[C@H]2CCCN2C(=O)c2cc[nH]c2C2CC2)cc1. The fourth-order valence-electron chi connectivity index (χ4n) is 4.15. The van der Waals surface area contributed by atoms with E-state index < -0.39 is 5.60 Å². The van der Waals surface area contributed by atoms with Crippen molar-refractivity contribution in [3.8, 4) is 5.75 Å². The fourth-order valence-corrected chi connectivity index (χ4v) is 4.15. The van der Waals surface area contributed by atoms with Crippen LogP contribution in [0.1, 0.15) is 60.1 Å². The normalized spacial score (nSPS) is 22.3. The third-order valence-corrected chi connectivity index (χ3v) is 5.83. The van der Waals surface area contributed by atoms with Gasteiger partial charge in [-0.2, -0.15) is 0 Å². The number of H-pyrrole nitrogens is 1. The zero-order chi connectivity index (χ0) is 18.3. The number of benzene rings is 1. The molecule has 0 bridgehead atoms. The van der Waals surface area contributed by atoms with Gasteiger partial charge in [0.15, 0.2) is 0 Å². The molecular formula is C21H26N2O3.